The minimum Gasteiger partial charge on any atom is -0.497 e. The Morgan fingerprint density at radius 1 is 0.974 bits per heavy atom. The van der Waals surface area contributed by atoms with Gasteiger partial charge in [-0.1, -0.05) is 42.5 Å². The van der Waals surface area contributed by atoms with Crippen LogP contribution in [0.25, 0.3) is 0 Å². The number of pyridine rings is 1. The minimum absolute atomic E-state index is 0.133. The number of methoxy groups -OCH3 is 1. The van der Waals surface area contributed by atoms with Gasteiger partial charge in [-0.2, -0.15) is 0 Å². The molecule has 2 amide bonds. The predicted molar refractivity (Wildman–Crippen MR) is 145 cm³/mol. The summed E-state index contributed by atoms with van der Waals surface area (Å²) < 4.78 is 16.3. The Bertz CT molecular complexity index is 1300. The maximum absolute atomic E-state index is 13.2. The Morgan fingerprint density at radius 3 is 2.33 bits per heavy atom. The largest absolute Gasteiger partial charge is 0.497 e. The molecule has 1 aliphatic rings. The number of benzene rings is 2. The van der Waals surface area contributed by atoms with Crippen LogP contribution in [0, 0.1) is 5.92 Å². The summed E-state index contributed by atoms with van der Waals surface area (Å²) in [6.07, 6.45) is 1.32. The first-order valence-corrected chi connectivity index (χ1v) is 12.7. The molecular weight excluding hydrogens is 498 g/mol. The summed E-state index contributed by atoms with van der Waals surface area (Å²) in [7, 11) is 1.59. The standard InChI is InChI=1S/C30H33N3O6/c1-30(2,3)39-29(36)33(18-20-10-12-23(37-4)13-11-20)25-17-22(14-15-31-25)16-24-26(32-27(24)34)28(35)38-19-21-8-6-5-7-9-21/h5-15,17,24,26H,16,18-19H2,1-4H3,(H,32,34)/t24?,26-/m0/s1. The molecule has 1 unspecified atom stereocenters. The number of nitrogens with zero attached hydrogens (tertiary/aromatic N) is 2. The van der Waals surface area contributed by atoms with Crippen LogP contribution in [0.5, 0.6) is 5.75 Å². The third kappa shape index (κ3) is 7.34. The van der Waals surface area contributed by atoms with Gasteiger partial charge in [-0.15, -0.1) is 0 Å². The van der Waals surface area contributed by atoms with E-state index in [9.17, 15) is 14.4 Å². The van der Waals surface area contributed by atoms with Gasteiger partial charge in [0.25, 0.3) is 0 Å². The third-order valence-corrected chi connectivity index (χ3v) is 6.17. The average Bonchev–Trinajstić information content (AvgIpc) is 2.92. The van der Waals surface area contributed by atoms with Crippen LogP contribution in [0.4, 0.5) is 10.6 Å². The highest BCUT2D eigenvalue weighted by Gasteiger charge is 2.45. The minimum atomic E-state index is -0.737. The van der Waals surface area contributed by atoms with E-state index in [2.05, 4.69) is 10.3 Å². The van der Waals surface area contributed by atoms with Crippen LogP contribution in [0.3, 0.4) is 0 Å². The van der Waals surface area contributed by atoms with Crippen LogP contribution in [-0.2, 0) is 38.6 Å². The predicted octanol–water partition coefficient (Wildman–Crippen LogP) is 4.43. The molecule has 0 spiro atoms. The first kappa shape index (κ1) is 27.6. The van der Waals surface area contributed by atoms with E-state index in [1.54, 1.807) is 46.2 Å². The van der Waals surface area contributed by atoms with Crippen molar-refractivity contribution in [1.82, 2.24) is 10.3 Å². The number of esters is 1. The number of amides is 2. The summed E-state index contributed by atoms with van der Waals surface area (Å²) >= 11 is 0. The number of nitrogens with one attached hydrogen (secondary N) is 1. The lowest BCUT2D eigenvalue weighted by atomic mass is 9.85. The molecule has 204 valence electrons. The number of ether oxygens (including phenoxy) is 3. The van der Waals surface area contributed by atoms with Gasteiger partial charge in [0.1, 0.15) is 29.8 Å². The number of β-lactam (4-membered cyclic amide) rings is 1. The second-order valence-electron chi connectivity index (χ2n) is 10.3. The van der Waals surface area contributed by atoms with Gasteiger partial charge in [-0.3, -0.25) is 9.69 Å². The fourth-order valence-electron chi connectivity index (χ4n) is 4.13. The topological polar surface area (TPSA) is 107 Å². The Balaban J connectivity index is 1.49. The number of carbonyl (C=O) groups is 3. The number of hydrogen-bond acceptors (Lipinski definition) is 7. The van der Waals surface area contributed by atoms with Gasteiger partial charge in [0.05, 0.1) is 19.6 Å². The lowest BCUT2D eigenvalue weighted by molar-refractivity contribution is -0.158. The quantitative estimate of drug-likeness (QED) is 0.322. The molecule has 2 atom stereocenters. The van der Waals surface area contributed by atoms with E-state index in [0.29, 0.717) is 11.6 Å². The van der Waals surface area contributed by atoms with Crippen LogP contribution in [0.1, 0.15) is 37.5 Å². The van der Waals surface area contributed by atoms with E-state index in [-0.39, 0.29) is 25.5 Å². The zero-order valence-corrected chi connectivity index (χ0v) is 22.5. The van der Waals surface area contributed by atoms with Crippen LogP contribution in [0.15, 0.2) is 72.9 Å². The lowest BCUT2D eigenvalue weighted by Crippen LogP contribution is -2.63. The Labute approximate surface area is 228 Å². The molecule has 0 saturated carbocycles. The van der Waals surface area contributed by atoms with Gasteiger partial charge >= 0.3 is 12.1 Å². The van der Waals surface area contributed by atoms with Gasteiger partial charge in [-0.25, -0.2) is 14.6 Å². The lowest BCUT2D eigenvalue weighted by Gasteiger charge is -2.35. The van der Waals surface area contributed by atoms with Crippen LogP contribution >= 0.6 is 0 Å². The summed E-state index contributed by atoms with van der Waals surface area (Å²) in [6.45, 7) is 5.74. The van der Waals surface area contributed by atoms with Gasteiger partial charge in [-0.05, 0) is 68.1 Å². The molecule has 9 nitrogen and oxygen atoms in total. The van der Waals surface area contributed by atoms with E-state index < -0.39 is 29.6 Å². The van der Waals surface area contributed by atoms with Crippen molar-refractivity contribution < 1.29 is 28.6 Å². The fourth-order valence-corrected chi connectivity index (χ4v) is 4.13. The molecule has 4 rings (SSSR count). The second kappa shape index (κ2) is 12.0. The summed E-state index contributed by atoms with van der Waals surface area (Å²) in [5.41, 5.74) is 1.77. The van der Waals surface area contributed by atoms with Crippen molar-refractivity contribution >= 4 is 23.8 Å². The zero-order valence-electron chi connectivity index (χ0n) is 22.5. The number of anilines is 1. The molecule has 1 fully saturated rings. The highest BCUT2D eigenvalue weighted by Crippen LogP contribution is 2.26. The molecule has 2 aromatic carbocycles. The Kier molecular flexibility index (Phi) is 8.49. The van der Waals surface area contributed by atoms with E-state index in [4.69, 9.17) is 14.2 Å². The second-order valence-corrected chi connectivity index (χ2v) is 10.3. The normalized spacial score (nSPS) is 16.5. The van der Waals surface area contributed by atoms with Crippen LogP contribution in [-0.4, -0.2) is 41.7 Å². The van der Waals surface area contributed by atoms with Gasteiger partial charge < -0.3 is 19.5 Å². The molecule has 2 heterocycles. The van der Waals surface area contributed by atoms with Crippen molar-refractivity contribution in [1.29, 1.82) is 0 Å². The number of carbonyl (C=O) groups excluding carboxylic acids is 3. The highest BCUT2D eigenvalue weighted by molar-refractivity contribution is 5.97. The maximum atomic E-state index is 13.2. The number of hydrogen-bond donors (Lipinski definition) is 1. The molecule has 1 aliphatic heterocycles. The number of aromatic nitrogens is 1. The first-order chi connectivity index (χ1) is 18.6. The van der Waals surface area contributed by atoms with Crippen molar-refractivity contribution in [2.75, 3.05) is 12.0 Å². The Morgan fingerprint density at radius 2 is 1.69 bits per heavy atom. The molecule has 0 aliphatic carbocycles. The van der Waals surface area contributed by atoms with Crippen molar-refractivity contribution in [3.8, 4) is 5.75 Å². The van der Waals surface area contributed by atoms with Crippen molar-refractivity contribution in [3.05, 3.63) is 89.6 Å². The molecule has 0 bridgehead atoms. The molecule has 9 heteroatoms. The smallest absolute Gasteiger partial charge is 0.416 e. The van der Waals surface area contributed by atoms with E-state index in [0.717, 1.165) is 16.7 Å². The third-order valence-electron chi connectivity index (χ3n) is 6.17. The van der Waals surface area contributed by atoms with Gasteiger partial charge in [0, 0.05) is 6.20 Å². The monoisotopic (exact) mass is 531 g/mol. The Hall–Kier alpha value is -4.40. The molecule has 3 aromatic rings. The van der Waals surface area contributed by atoms with E-state index >= 15 is 0 Å². The molecule has 1 aromatic heterocycles. The van der Waals surface area contributed by atoms with Crippen LogP contribution in [0.2, 0.25) is 0 Å². The summed E-state index contributed by atoms with van der Waals surface area (Å²) in [5.74, 6) is -0.205. The fraction of sp³-hybridized carbons (Fsp3) is 0.333. The molecule has 39 heavy (non-hydrogen) atoms. The first-order valence-electron chi connectivity index (χ1n) is 12.7. The molecular formula is C30H33N3O6. The molecule has 1 N–H and O–H groups in total. The van der Waals surface area contributed by atoms with Crippen LogP contribution < -0.4 is 15.0 Å². The van der Waals surface area contributed by atoms with Gasteiger partial charge in [0.2, 0.25) is 5.91 Å². The number of rotatable bonds is 9. The maximum Gasteiger partial charge on any atom is 0.416 e. The average molecular weight is 532 g/mol. The highest BCUT2D eigenvalue weighted by atomic mass is 16.6. The van der Waals surface area contributed by atoms with Crippen molar-refractivity contribution in [2.45, 2.75) is 52.0 Å². The van der Waals surface area contributed by atoms with Crippen molar-refractivity contribution in [2.24, 2.45) is 5.92 Å². The van der Waals surface area contributed by atoms with E-state index in [1.807, 2.05) is 54.6 Å². The van der Waals surface area contributed by atoms with Gasteiger partial charge in [0.15, 0.2) is 0 Å². The molecule has 1 saturated heterocycles. The molecule has 0 radical (unpaired) electrons. The van der Waals surface area contributed by atoms with Crippen molar-refractivity contribution in [3.63, 3.8) is 0 Å². The summed E-state index contributed by atoms with van der Waals surface area (Å²) in [5, 5.41) is 2.65. The SMILES string of the molecule is COc1ccc(CN(C(=O)OC(C)(C)C)c2cc(CC3C(=O)N[C@@H]3C(=O)OCc3ccccc3)ccn2)cc1. The zero-order chi connectivity index (χ0) is 28.0. The van der Waals surface area contributed by atoms with E-state index in [1.165, 1.54) is 4.90 Å². The summed E-state index contributed by atoms with van der Waals surface area (Å²) in [6, 6.07) is 19.5. The summed E-state index contributed by atoms with van der Waals surface area (Å²) in [4.78, 5) is 44.1.